The van der Waals surface area contributed by atoms with Crippen LogP contribution in [-0.2, 0) is 6.54 Å². The molecular formula is C21H25N3O. The predicted octanol–water partition coefficient (Wildman–Crippen LogP) is 4.46. The van der Waals surface area contributed by atoms with Gasteiger partial charge in [0.15, 0.2) is 0 Å². The summed E-state index contributed by atoms with van der Waals surface area (Å²) in [4.78, 5) is 7.39. The molecule has 1 saturated heterocycles. The SMILES string of the molecule is COc1ccc(C2CCCCCN2Cc2cn3ccccc3n2)cc1. The zero-order valence-electron chi connectivity index (χ0n) is 14.8. The van der Waals surface area contributed by atoms with E-state index in [0.29, 0.717) is 6.04 Å². The lowest BCUT2D eigenvalue weighted by atomic mass is 10.0. The molecule has 25 heavy (non-hydrogen) atoms. The fraction of sp³-hybridized carbons (Fsp3) is 0.381. The molecule has 1 aliphatic heterocycles. The van der Waals surface area contributed by atoms with Crippen molar-refractivity contribution in [3.05, 3.63) is 66.1 Å². The number of ether oxygens (including phenoxy) is 1. The van der Waals surface area contributed by atoms with Crippen molar-refractivity contribution < 1.29 is 4.74 Å². The second-order valence-corrected chi connectivity index (χ2v) is 6.81. The van der Waals surface area contributed by atoms with Crippen LogP contribution in [0.1, 0.15) is 43.0 Å². The molecule has 4 heteroatoms. The van der Waals surface area contributed by atoms with E-state index >= 15 is 0 Å². The molecule has 3 heterocycles. The van der Waals surface area contributed by atoms with Crippen LogP contribution < -0.4 is 4.74 Å². The lowest BCUT2D eigenvalue weighted by Gasteiger charge is -2.29. The quantitative estimate of drug-likeness (QED) is 0.705. The van der Waals surface area contributed by atoms with Gasteiger partial charge in [-0.2, -0.15) is 0 Å². The number of rotatable bonds is 4. The topological polar surface area (TPSA) is 29.8 Å². The van der Waals surface area contributed by atoms with Crippen LogP contribution in [0.3, 0.4) is 0 Å². The number of nitrogens with zero attached hydrogens (tertiary/aromatic N) is 3. The van der Waals surface area contributed by atoms with E-state index in [9.17, 15) is 0 Å². The number of likely N-dealkylation sites (tertiary alicyclic amines) is 1. The Morgan fingerprint density at radius 1 is 1.08 bits per heavy atom. The van der Waals surface area contributed by atoms with Gasteiger partial charge in [0.25, 0.3) is 0 Å². The molecule has 1 atom stereocenters. The van der Waals surface area contributed by atoms with Gasteiger partial charge in [0.2, 0.25) is 0 Å². The number of fused-ring (bicyclic) bond motifs is 1. The Hall–Kier alpha value is -2.33. The molecule has 0 bridgehead atoms. The number of hydrogen-bond acceptors (Lipinski definition) is 3. The van der Waals surface area contributed by atoms with Gasteiger partial charge in [-0.1, -0.05) is 31.0 Å². The Balaban J connectivity index is 1.59. The van der Waals surface area contributed by atoms with Crippen molar-refractivity contribution in [1.29, 1.82) is 0 Å². The number of pyridine rings is 1. The standard InChI is InChI=1S/C21H25N3O/c1-25-19-11-9-17(10-12-19)20-7-3-2-5-13-23(20)15-18-16-24-14-6-4-8-21(24)22-18/h4,6,8-12,14,16,20H,2-3,5,7,13,15H2,1H3. The Morgan fingerprint density at radius 3 is 2.76 bits per heavy atom. The minimum atomic E-state index is 0.457. The van der Waals surface area contributed by atoms with Crippen LogP contribution in [0.25, 0.3) is 5.65 Å². The lowest BCUT2D eigenvalue weighted by Crippen LogP contribution is -2.28. The highest BCUT2D eigenvalue weighted by Gasteiger charge is 2.23. The molecule has 0 aliphatic carbocycles. The molecule has 4 rings (SSSR count). The smallest absolute Gasteiger partial charge is 0.137 e. The van der Waals surface area contributed by atoms with Crippen LogP contribution in [0.15, 0.2) is 54.9 Å². The normalized spacial score (nSPS) is 19.0. The Morgan fingerprint density at radius 2 is 1.96 bits per heavy atom. The fourth-order valence-electron chi connectivity index (χ4n) is 3.83. The highest BCUT2D eigenvalue weighted by molar-refractivity contribution is 5.39. The van der Waals surface area contributed by atoms with E-state index < -0.39 is 0 Å². The minimum absolute atomic E-state index is 0.457. The number of imidazole rings is 1. The van der Waals surface area contributed by atoms with Gasteiger partial charge in [-0.25, -0.2) is 4.98 Å². The highest BCUT2D eigenvalue weighted by atomic mass is 16.5. The van der Waals surface area contributed by atoms with Crippen molar-refractivity contribution in [3.8, 4) is 5.75 Å². The van der Waals surface area contributed by atoms with E-state index in [1.165, 1.54) is 31.2 Å². The van der Waals surface area contributed by atoms with E-state index in [0.717, 1.165) is 30.2 Å². The van der Waals surface area contributed by atoms with Crippen LogP contribution in [0, 0.1) is 0 Å². The van der Waals surface area contributed by atoms with Crippen LogP contribution in [0.4, 0.5) is 0 Å². The molecule has 1 aliphatic rings. The third-order valence-corrected chi connectivity index (χ3v) is 5.14. The van der Waals surface area contributed by atoms with E-state index in [2.05, 4.69) is 52.0 Å². The summed E-state index contributed by atoms with van der Waals surface area (Å²) in [5.74, 6) is 0.921. The molecule has 2 aromatic heterocycles. The Bertz CT molecular complexity index is 792. The van der Waals surface area contributed by atoms with Crippen LogP contribution in [0.5, 0.6) is 5.75 Å². The summed E-state index contributed by atoms with van der Waals surface area (Å²) in [7, 11) is 1.72. The van der Waals surface area contributed by atoms with Gasteiger partial charge in [0.05, 0.1) is 12.8 Å². The molecule has 1 aromatic carbocycles. The summed E-state index contributed by atoms with van der Waals surface area (Å²) in [5, 5.41) is 0. The number of methoxy groups -OCH3 is 1. The summed E-state index contributed by atoms with van der Waals surface area (Å²) < 4.78 is 7.42. The van der Waals surface area contributed by atoms with E-state index in [-0.39, 0.29) is 0 Å². The van der Waals surface area contributed by atoms with Crippen LogP contribution in [-0.4, -0.2) is 27.9 Å². The average molecular weight is 335 g/mol. The Labute approximate surface area is 149 Å². The summed E-state index contributed by atoms with van der Waals surface area (Å²) in [5.41, 5.74) is 3.55. The molecule has 3 aromatic rings. The first-order chi connectivity index (χ1) is 12.3. The summed E-state index contributed by atoms with van der Waals surface area (Å²) in [6.07, 6.45) is 9.30. The molecular weight excluding hydrogens is 310 g/mol. The zero-order valence-corrected chi connectivity index (χ0v) is 14.8. The van der Waals surface area contributed by atoms with Gasteiger partial charge in [0.1, 0.15) is 11.4 Å². The second kappa shape index (κ2) is 7.28. The van der Waals surface area contributed by atoms with Gasteiger partial charge in [0, 0.05) is 25.0 Å². The van der Waals surface area contributed by atoms with Crippen molar-refractivity contribution in [1.82, 2.24) is 14.3 Å². The largest absolute Gasteiger partial charge is 0.497 e. The average Bonchev–Trinajstić information content (AvgIpc) is 2.92. The molecule has 0 spiro atoms. The number of benzene rings is 1. The summed E-state index contributed by atoms with van der Waals surface area (Å²) in [6, 6.07) is 15.2. The lowest BCUT2D eigenvalue weighted by molar-refractivity contribution is 0.190. The highest BCUT2D eigenvalue weighted by Crippen LogP contribution is 2.32. The van der Waals surface area contributed by atoms with Gasteiger partial charge < -0.3 is 9.14 Å². The Kier molecular flexibility index (Phi) is 4.70. The van der Waals surface area contributed by atoms with Crippen LogP contribution in [0.2, 0.25) is 0 Å². The molecule has 0 saturated carbocycles. The van der Waals surface area contributed by atoms with Crippen molar-refractivity contribution >= 4 is 5.65 Å². The third-order valence-electron chi connectivity index (χ3n) is 5.14. The summed E-state index contributed by atoms with van der Waals surface area (Å²) >= 11 is 0. The van der Waals surface area contributed by atoms with Gasteiger partial charge in [-0.3, -0.25) is 4.90 Å². The van der Waals surface area contributed by atoms with Crippen molar-refractivity contribution in [2.45, 2.75) is 38.3 Å². The van der Waals surface area contributed by atoms with E-state index in [1.807, 2.05) is 12.1 Å². The zero-order chi connectivity index (χ0) is 17.1. The molecule has 0 radical (unpaired) electrons. The molecule has 0 amide bonds. The summed E-state index contributed by atoms with van der Waals surface area (Å²) in [6.45, 7) is 2.03. The minimum Gasteiger partial charge on any atom is -0.497 e. The second-order valence-electron chi connectivity index (χ2n) is 6.81. The maximum absolute atomic E-state index is 5.31. The number of hydrogen-bond donors (Lipinski definition) is 0. The van der Waals surface area contributed by atoms with Gasteiger partial charge in [-0.05, 0) is 49.2 Å². The van der Waals surface area contributed by atoms with E-state index in [4.69, 9.17) is 9.72 Å². The number of aromatic nitrogens is 2. The first kappa shape index (κ1) is 16.2. The third kappa shape index (κ3) is 3.54. The maximum Gasteiger partial charge on any atom is 0.137 e. The van der Waals surface area contributed by atoms with Crippen molar-refractivity contribution in [2.24, 2.45) is 0 Å². The first-order valence-corrected chi connectivity index (χ1v) is 9.14. The fourth-order valence-corrected chi connectivity index (χ4v) is 3.83. The van der Waals surface area contributed by atoms with E-state index in [1.54, 1.807) is 7.11 Å². The van der Waals surface area contributed by atoms with Crippen molar-refractivity contribution in [2.75, 3.05) is 13.7 Å². The monoisotopic (exact) mass is 335 g/mol. The van der Waals surface area contributed by atoms with Gasteiger partial charge >= 0.3 is 0 Å². The molecule has 1 unspecified atom stereocenters. The van der Waals surface area contributed by atoms with Crippen molar-refractivity contribution in [3.63, 3.8) is 0 Å². The predicted molar refractivity (Wildman–Crippen MR) is 99.8 cm³/mol. The maximum atomic E-state index is 5.31. The first-order valence-electron chi connectivity index (χ1n) is 9.14. The molecule has 0 N–H and O–H groups in total. The molecule has 1 fully saturated rings. The molecule has 130 valence electrons. The van der Waals surface area contributed by atoms with Gasteiger partial charge in [-0.15, -0.1) is 0 Å². The molecule has 4 nitrogen and oxygen atoms in total. The van der Waals surface area contributed by atoms with Crippen LogP contribution >= 0.6 is 0 Å².